The number of hydrogen-bond acceptors (Lipinski definition) is 5. The third-order valence-electron chi connectivity index (χ3n) is 7.58. The minimum Gasteiger partial charge on any atom is -0.322 e. The summed E-state index contributed by atoms with van der Waals surface area (Å²) in [5, 5.41) is 2.32. The summed E-state index contributed by atoms with van der Waals surface area (Å²) in [6.45, 7) is 2.81. The van der Waals surface area contributed by atoms with Gasteiger partial charge in [0.1, 0.15) is 17.5 Å². The molecule has 3 aromatic rings. The molecule has 1 N–H and O–H groups in total. The van der Waals surface area contributed by atoms with E-state index in [1.54, 1.807) is 12.3 Å². The molecule has 0 saturated carbocycles. The molecule has 0 radical (unpaired) electrons. The highest BCUT2D eigenvalue weighted by Gasteiger charge is 2.41. The Hall–Kier alpha value is -3.59. The third kappa shape index (κ3) is 3.89. The van der Waals surface area contributed by atoms with Crippen LogP contribution in [0.2, 0.25) is 0 Å². The van der Waals surface area contributed by atoms with Gasteiger partial charge in [-0.15, -0.1) is 0 Å². The number of halogens is 1. The second-order valence-electron chi connectivity index (χ2n) is 9.66. The fourth-order valence-electron chi connectivity index (χ4n) is 5.79. The SMILES string of the molecule is O=C1CCC(N2Cc3c(cc(F)cc3C3CCN(Cc4cccn5ccnc45)CC3)C2=O)C(=O)N1. The minimum absolute atomic E-state index is 0.146. The summed E-state index contributed by atoms with van der Waals surface area (Å²) in [6.07, 6.45) is 7.94. The summed E-state index contributed by atoms with van der Waals surface area (Å²) in [5.74, 6) is -1.39. The van der Waals surface area contributed by atoms with Crippen LogP contribution in [-0.2, 0) is 22.7 Å². The van der Waals surface area contributed by atoms with Gasteiger partial charge in [-0.2, -0.15) is 0 Å². The monoisotopic (exact) mass is 475 g/mol. The molecule has 6 rings (SSSR count). The molecule has 0 spiro atoms. The van der Waals surface area contributed by atoms with Crippen LogP contribution in [0.5, 0.6) is 0 Å². The van der Waals surface area contributed by atoms with Crippen LogP contribution in [0.25, 0.3) is 5.65 Å². The lowest BCUT2D eigenvalue weighted by atomic mass is 9.85. The van der Waals surface area contributed by atoms with Crippen molar-refractivity contribution in [2.24, 2.45) is 0 Å². The van der Waals surface area contributed by atoms with E-state index in [4.69, 9.17) is 0 Å². The van der Waals surface area contributed by atoms with Crippen molar-refractivity contribution in [3.8, 4) is 0 Å². The van der Waals surface area contributed by atoms with Crippen LogP contribution in [0, 0.1) is 5.82 Å². The molecule has 3 aliphatic heterocycles. The van der Waals surface area contributed by atoms with Gasteiger partial charge in [-0.25, -0.2) is 9.37 Å². The van der Waals surface area contributed by atoms with Crippen molar-refractivity contribution in [3.63, 3.8) is 0 Å². The van der Waals surface area contributed by atoms with Crippen molar-refractivity contribution in [2.75, 3.05) is 13.1 Å². The maximum atomic E-state index is 14.6. The zero-order valence-corrected chi connectivity index (χ0v) is 19.2. The van der Waals surface area contributed by atoms with Crippen LogP contribution >= 0.6 is 0 Å². The number of fused-ring (bicyclic) bond motifs is 2. The molecule has 0 aliphatic carbocycles. The number of pyridine rings is 1. The first-order chi connectivity index (χ1) is 17.0. The third-order valence-corrected chi connectivity index (χ3v) is 7.58. The van der Waals surface area contributed by atoms with Gasteiger partial charge in [-0.3, -0.25) is 24.6 Å². The number of hydrogen-bond donors (Lipinski definition) is 1. The van der Waals surface area contributed by atoms with Gasteiger partial charge in [-0.05, 0) is 67.6 Å². The Balaban J connectivity index is 1.19. The van der Waals surface area contributed by atoms with Crippen molar-refractivity contribution in [1.82, 2.24) is 24.5 Å². The first-order valence-corrected chi connectivity index (χ1v) is 12.1. The van der Waals surface area contributed by atoms with E-state index in [9.17, 15) is 18.8 Å². The molecule has 8 nitrogen and oxygen atoms in total. The average Bonchev–Trinajstić information content (AvgIpc) is 3.45. The molecule has 180 valence electrons. The van der Waals surface area contributed by atoms with Crippen molar-refractivity contribution in [1.29, 1.82) is 0 Å². The lowest BCUT2D eigenvalue weighted by Gasteiger charge is -2.33. The van der Waals surface area contributed by atoms with Crippen molar-refractivity contribution < 1.29 is 18.8 Å². The van der Waals surface area contributed by atoms with Crippen LogP contribution in [0.15, 0.2) is 42.9 Å². The van der Waals surface area contributed by atoms with E-state index >= 15 is 0 Å². The lowest BCUT2D eigenvalue weighted by molar-refractivity contribution is -0.136. The van der Waals surface area contributed by atoms with Crippen LogP contribution in [0.3, 0.4) is 0 Å². The van der Waals surface area contributed by atoms with E-state index < -0.39 is 17.8 Å². The highest BCUT2D eigenvalue weighted by Crippen LogP contribution is 2.38. The zero-order chi connectivity index (χ0) is 24.1. The summed E-state index contributed by atoms with van der Waals surface area (Å²) in [7, 11) is 0. The molecule has 9 heteroatoms. The Morgan fingerprint density at radius 1 is 1.09 bits per heavy atom. The van der Waals surface area contributed by atoms with Crippen LogP contribution in [0.1, 0.15) is 58.6 Å². The fourth-order valence-corrected chi connectivity index (χ4v) is 5.79. The van der Waals surface area contributed by atoms with E-state index in [2.05, 4.69) is 21.3 Å². The number of piperidine rings is 2. The summed E-state index contributed by atoms with van der Waals surface area (Å²) in [5.41, 5.74) is 4.18. The van der Waals surface area contributed by atoms with E-state index in [1.807, 2.05) is 22.9 Å². The molecular formula is C26H26FN5O3. The summed E-state index contributed by atoms with van der Waals surface area (Å²) >= 11 is 0. The summed E-state index contributed by atoms with van der Waals surface area (Å²) in [6, 6.07) is 6.27. The number of amides is 3. The number of imide groups is 1. The van der Waals surface area contributed by atoms with Gasteiger partial charge in [0.25, 0.3) is 5.91 Å². The molecule has 2 aromatic heterocycles. The van der Waals surface area contributed by atoms with Gasteiger partial charge >= 0.3 is 0 Å². The second kappa shape index (κ2) is 8.57. The number of carbonyl (C=O) groups excluding carboxylic acids is 3. The molecule has 1 aromatic carbocycles. The van der Waals surface area contributed by atoms with Crippen LogP contribution in [0.4, 0.5) is 4.39 Å². The Kier molecular flexibility index (Phi) is 5.36. The van der Waals surface area contributed by atoms with E-state index in [1.165, 1.54) is 16.5 Å². The quantitative estimate of drug-likeness (QED) is 0.587. The Morgan fingerprint density at radius 3 is 2.71 bits per heavy atom. The Bertz CT molecular complexity index is 1340. The highest BCUT2D eigenvalue weighted by molar-refractivity contribution is 6.05. The Labute approximate surface area is 201 Å². The maximum absolute atomic E-state index is 14.6. The van der Waals surface area contributed by atoms with Gasteiger partial charge in [0.05, 0.1) is 0 Å². The molecule has 5 heterocycles. The lowest BCUT2D eigenvalue weighted by Crippen LogP contribution is -2.52. The van der Waals surface area contributed by atoms with Crippen LogP contribution < -0.4 is 5.32 Å². The first kappa shape index (κ1) is 21.9. The largest absolute Gasteiger partial charge is 0.322 e. The van der Waals surface area contributed by atoms with Gasteiger partial charge in [-0.1, -0.05) is 6.07 Å². The number of benzene rings is 1. The fraction of sp³-hybridized carbons (Fsp3) is 0.385. The normalized spacial score (nSPS) is 21.6. The molecule has 3 aliphatic rings. The van der Waals surface area contributed by atoms with E-state index in [0.29, 0.717) is 12.0 Å². The molecule has 0 bridgehead atoms. The number of rotatable bonds is 4. The number of carbonyl (C=O) groups is 3. The standard InChI is InChI=1S/C26H26FN5O3/c27-18-12-19(21-15-32(26(35)20(21)13-18)22-3-4-23(33)29-25(22)34)16-5-9-30(10-6-16)14-17-2-1-8-31-11-7-28-24(17)31/h1-2,7-8,11-13,16,22H,3-6,9-10,14-15H2,(H,29,33,34). The Morgan fingerprint density at radius 2 is 1.91 bits per heavy atom. The molecule has 3 amide bonds. The number of imidazole rings is 1. The number of likely N-dealkylation sites (tertiary alicyclic amines) is 1. The first-order valence-electron chi connectivity index (χ1n) is 12.1. The van der Waals surface area contributed by atoms with Gasteiger partial charge in [0.2, 0.25) is 11.8 Å². The average molecular weight is 476 g/mol. The van der Waals surface area contributed by atoms with Crippen molar-refractivity contribution in [3.05, 3.63) is 70.9 Å². The molecule has 2 fully saturated rings. The molecule has 1 atom stereocenters. The van der Waals surface area contributed by atoms with E-state index in [0.717, 1.165) is 49.2 Å². The van der Waals surface area contributed by atoms with Gasteiger partial charge < -0.3 is 9.30 Å². The van der Waals surface area contributed by atoms with Gasteiger partial charge in [0.15, 0.2) is 0 Å². The van der Waals surface area contributed by atoms with E-state index in [-0.39, 0.29) is 30.7 Å². The van der Waals surface area contributed by atoms with Crippen molar-refractivity contribution >= 4 is 23.4 Å². The number of nitrogens with zero attached hydrogens (tertiary/aromatic N) is 4. The topological polar surface area (TPSA) is 87.0 Å². The molecule has 2 saturated heterocycles. The number of aromatic nitrogens is 2. The van der Waals surface area contributed by atoms with Crippen LogP contribution in [-0.4, -0.2) is 56.0 Å². The predicted molar refractivity (Wildman–Crippen MR) is 125 cm³/mol. The minimum atomic E-state index is -0.698. The van der Waals surface area contributed by atoms with Gasteiger partial charge in [0, 0.05) is 49.2 Å². The second-order valence-corrected chi connectivity index (χ2v) is 9.66. The maximum Gasteiger partial charge on any atom is 0.255 e. The highest BCUT2D eigenvalue weighted by atomic mass is 19.1. The number of nitrogens with one attached hydrogen (secondary N) is 1. The summed E-state index contributed by atoms with van der Waals surface area (Å²) in [4.78, 5) is 45.4. The molecule has 35 heavy (non-hydrogen) atoms. The van der Waals surface area contributed by atoms with Crippen molar-refractivity contribution in [2.45, 2.75) is 50.7 Å². The smallest absolute Gasteiger partial charge is 0.255 e. The predicted octanol–water partition coefficient (Wildman–Crippen LogP) is 2.61. The molecule has 1 unspecified atom stereocenters. The zero-order valence-electron chi connectivity index (χ0n) is 19.2. The molecular weight excluding hydrogens is 449 g/mol. The summed E-state index contributed by atoms with van der Waals surface area (Å²) < 4.78 is 16.6.